The Morgan fingerprint density at radius 3 is 1.79 bits per heavy atom. The van der Waals surface area contributed by atoms with Crippen molar-refractivity contribution in [3.8, 4) is 0 Å². The van der Waals surface area contributed by atoms with E-state index in [1.54, 1.807) is 6.08 Å². The molecule has 12 heteroatoms. The van der Waals surface area contributed by atoms with E-state index in [-0.39, 0.29) is 38.9 Å². The van der Waals surface area contributed by atoms with E-state index < -0.39 is 74.2 Å². The molecule has 4 aromatic rings. The quantitative estimate of drug-likeness (QED) is 0.134. The highest BCUT2D eigenvalue weighted by Crippen LogP contribution is 2.39. The highest BCUT2D eigenvalue weighted by Gasteiger charge is 2.56. The molecule has 0 bridgehead atoms. The predicted octanol–water partition coefficient (Wildman–Crippen LogP) is 5.39. The summed E-state index contributed by atoms with van der Waals surface area (Å²) in [6.07, 6.45) is -7.01. The number of aliphatic hydroxyl groups is 1. The van der Waals surface area contributed by atoms with Gasteiger partial charge < -0.3 is 53.1 Å². The third-order valence-electron chi connectivity index (χ3n) is 10.1. The molecule has 0 spiro atoms. The Kier molecular flexibility index (Phi) is 14.6. The van der Waals surface area contributed by atoms with Gasteiger partial charge in [-0.1, -0.05) is 127 Å². The van der Waals surface area contributed by atoms with Crippen LogP contribution in [-0.2, 0) is 67.2 Å². The van der Waals surface area contributed by atoms with Crippen LogP contribution in [0.15, 0.2) is 134 Å². The number of benzene rings is 4. The lowest BCUT2D eigenvalue weighted by molar-refractivity contribution is -0.383. The van der Waals surface area contributed by atoms with E-state index in [4.69, 9.17) is 42.6 Å². The zero-order chi connectivity index (χ0) is 39.4. The maximum atomic E-state index is 12.9. The van der Waals surface area contributed by atoms with Crippen molar-refractivity contribution < 1.29 is 52.5 Å². The Bertz CT molecular complexity index is 1800. The summed E-state index contributed by atoms with van der Waals surface area (Å²) >= 11 is 0. The zero-order valence-electron chi connectivity index (χ0n) is 32.0. The number of carbonyl (C=O) groups is 1. The number of fused-ring (bicyclic) bond motifs is 1. The molecule has 0 radical (unpaired) electrons. The van der Waals surface area contributed by atoms with Crippen LogP contribution in [0.4, 0.5) is 0 Å². The van der Waals surface area contributed by atoms with Crippen molar-refractivity contribution >= 4 is 5.91 Å². The minimum atomic E-state index is -1.16. The molecule has 2 N–H and O–H groups in total. The van der Waals surface area contributed by atoms with Crippen LogP contribution in [0.25, 0.3) is 0 Å². The van der Waals surface area contributed by atoms with E-state index in [0.29, 0.717) is 0 Å². The molecule has 7 rings (SSSR count). The molecule has 302 valence electrons. The van der Waals surface area contributed by atoms with Crippen molar-refractivity contribution in [1.29, 1.82) is 0 Å². The topological polar surface area (TPSA) is 132 Å². The van der Waals surface area contributed by atoms with Crippen LogP contribution < -0.4 is 5.32 Å². The Labute approximate surface area is 333 Å². The monoisotopic (exact) mass is 781 g/mol. The smallest absolute Gasteiger partial charge is 0.217 e. The summed E-state index contributed by atoms with van der Waals surface area (Å²) in [5.41, 5.74) is 3.61. The Morgan fingerprint density at radius 2 is 1.25 bits per heavy atom. The Morgan fingerprint density at radius 1 is 0.702 bits per heavy atom. The normalized spacial score (nSPS) is 29.9. The molecular weight excluding hydrogens is 730 g/mol. The number of ether oxygens (including phenoxy) is 9. The second-order valence-corrected chi connectivity index (χ2v) is 14.2. The van der Waals surface area contributed by atoms with Gasteiger partial charge in [0.25, 0.3) is 0 Å². The standard InChI is InChI=1S/C45H51NO11/c1-3-24-49-44-37(46-30(2)48)40(39-36(55-44)29-53-43(56-39)34-22-14-7-15-23-34)57-45-42(52-28-33-20-12-6-13-21-33)41(51-27-32-18-10-5-11-19-32)38(35(25-47)54-45)50-26-31-16-8-4-9-17-31/h3-23,35-45,47H,1,24-29H2,2H3,(H,46,48)/t35-,36-,37-,38-,39-,40-,41+,42-,43?,44+,45-/m1/s1. The van der Waals surface area contributed by atoms with E-state index in [9.17, 15) is 9.90 Å². The van der Waals surface area contributed by atoms with Gasteiger partial charge in [0.2, 0.25) is 5.91 Å². The average molecular weight is 782 g/mol. The van der Waals surface area contributed by atoms with Gasteiger partial charge in [0, 0.05) is 12.5 Å². The minimum absolute atomic E-state index is 0.143. The van der Waals surface area contributed by atoms with Crippen LogP contribution in [0.5, 0.6) is 0 Å². The second kappa shape index (κ2) is 20.4. The van der Waals surface area contributed by atoms with Crippen molar-refractivity contribution in [2.45, 2.75) is 94.4 Å². The van der Waals surface area contributed by atoms with E-state index >= 15 is 0 Å². The molecule has 3 aliphatic rings. The number of amides is 1. The third kappa shape index (κ3) is 10.6. The van der Waals surface area contributed by atoms with Crippen LogP contribution in [0.2, 0.25) is 0 Å². The first-order valence-corrected chi connectivity index (χ1v) is 19.4. The fourth-order valence-electron chi connectivity index (χ4n) is 7.36. The maximum absolute atomic E-state index is 12.9. The molecule has 0 aromatic heterocycles. The number of hydrogen-bond acceptors (Lipinski definition) is 11. The largest absolute Gasteiger partial charge is 0.394 e. The molecule has 3 fully saturated rings. The highest BCUT2D eigenvalue weighted by molar-refractivity contribution is 5.73. The van der Waals surface area contributed by atoms with Crippen molar-refractivity contribution in [3.63, 3.8) is 0 Å². The van der Waals surface area contributed by atoms with Gasteiger partial charge in [0.15, 0.2) is 18.9 Å². The van der Waals surface area contributed by atoms with E-state index in [1.807, 2.05) is 121 Å². The van der Waals surface area contributed by atoms with Crippen molar-refractivity contribution in [1.82, 2.24) is 5.32 Å². The predicted molar refractivity (Wildman–Crippen MR) is 208 cm³/mol. The number of aliphatic hydroxyl groups excluding tert-OH is 1. The van der Waals surface area contributed by atoms with Crippen molar-refractivity contribution in [2.24, 2.45) is 0 Å². The van der Waals surface area contributed by atoms with E-state index in [0.717, 1.165) is 22.3 Å². The summed E-state index contributed by atoms with van der Waals surface area (Å²) in [6, 6.07) is 38.0. The molecule has 12 nitrogen and oxygen atoms in total. The summed E-state index contributed by atoms with van der Waals surface area (Å²) in [4.78, 5) is 12.9. The van der Waals surface area contributed by atoms with Gasteiger partial charge in [-0.3, -0.25) is 4.79 Å². The summed E-state index contributed by atoms with van der Waals surface area (Å²) < 4.78 is 59.2. The van der Waals surface area contributed by atoms with E-state index in [1.165, 1.54) is 6.92 Å². The second-order valence-electron chi connectivity index (χ2n) is 14.2. The summed E-state index contributed by atoms with van der Waals surface area (Å²) in [5, 5.41) is 13.9. The molecule has 57 heavy (non-hydrogen) atoms. The van der Waals surface area contributed by atoms with E-state index in [2.05, 4.69) is 11.9 Å². The van der Waals surface area contributed by atoms with Gasteiger partial charge in [0.1, 0.15) is 48.8 Å². The number of rotatable bonds is 17. The van der Waals surface area contributed by atoms with Gasteiger partial charge in [-0.2, -0.15) is 0 Å². The SMILES string of the molecule is C=CCO[C@H]1O[C@@H]2COC(c3ccccc3)O[C@H]2[C@H](O[C@H]2O[C@H](CO)[C@@H](OCc3ccccc3)[C@H](OCc3ccccc3)[C@H]2OCc2ccccc2)[C@H]1NC(C)=O. The van der Waals surface area contributed by atoms with Crippen LogP contribution in [0, 0.1) is 0 Å². The molecule has 4 aromatic carbocycles. The molecule has 1 amide bonds. The molecule has 3 aliphatic heterocycles. The molecule has 1 unspecified atom stereocenters. The first kappa shape index (κ1) is 40.9. The number of nitrogens with one attached hydrogen (secondary N) is 1. The summed E-state index contributed by atoms with van der Waals surface area (Å²) in [5.74, 6) is -0.331. The van der Waals surface area contributed by atoms with Crippen LogP contribution >= 0.6 is 0 Å². The lowest BCUT2D eigenvalue weighted by atomic mass is 9.94. The molecule has 0 saturated carbocycles. The fraction of sp³-hybridized carbons (Fsp3) is 0.400. The van der Waals surface area contributed by atoms with Gasteiger partial charge in [-0.25, -0.2) is 0 Å². The van der Waals surface area contributed by atoms with Crippen LogP contribution in [0.3, 0.4) is 0 Å². The van der Waals surface area contributed by atoms with Gasteiger partial charge in [-0.05, 0) is 16.7 Å². The van der Waals surface area contributed by atoms with Crippen molar-refractivity contribution in [3.05, 3.63) is 156 Å². The Balaban J connectivity index is 1.26. The Hall–Kier alpha value is -4.31. The third-order valence-corrected chi connectivity index (χ3v) is 10.1. The molecule has 0 aliphatic carbocycles. The van der Waals surface area contributed by atoms with Crippen molar-refractivity contribution in [2.75, 3.05) is 19.8 Å². The molecule has 11 atom stereocenters. The van der Waals surface area contributed by atoms with Gasteiger partial charge in [-0.15, -0.1) is 6.58 Å². The number of carbonyl (C=O) groups excluding carboxylic acids is 1. The number of hydrogen-bond donors (Lipinski definition) is 2. The van der Waals surface area contributed by atoms with Crippen LogP contribution in [0.1, 0.15) is 35.5 Å². The molecule has 3 heterocycles. The first-order chi connectivity index (χ1) is 28.0. The summed E-state index contributed by atoms with van der Waals surface area (Å²) in [6.45, 7) is 5.75. The highest BCUT2D eigenvalue weighted by atomic mass is 16.8. The first-order valence-electron chi connectivity index (χ1n) is 19.4. The fourth-order valence-corrected chi connectivity index (χ4v) is 7.36. The lowest BCUT2D eigenvalue weighted by Gasteiger charge is -2.52. The molecule has 3 saturated heterocycles. The maximum Gasteiger partial charge on any atom is 0.217 e. The zero-order valence-corrected chi connectivity index (χ0v) is 32.0. The van der Waals surface area contributed by atoms with Gasteiger partial charge >= 0.3 is 0 Å². The molecular formula is C45H51NO11. The lowest BCUT2D eigenvalue weighted by Crippen LogP contribution is -2.69. The minimum Gasteiger partial charge on any atom is -0.394 e. The average Bonchev–Trinajstić information content (AvgIpc) is 3.25. The van der Waals surface area contributed by atoms with Crippen LogP contribution in [-0.4, -0.2) is 92.2 Å². The van der Waals surface area contributed by atoms with Gasteiger partial charge in [0.05, 0.1) is 39.6 Å². The summed E-state index contributed by atoms with van der Waals surface area (Å²) in [7, 11) is 0.